The molecule has 1 aromatic carbocycles. The molecule has 0 spiro atoms. The Kier molecular flexibility index (Phi) is 5.24. The average molecular weight is 310 g/mol. The molecule has 0 saturated carbocycles. The molecule has 20 heavy (non-hydrogen) atoms. The molecule has 3 nitrogen and oxygen atoms in total. The summed E-state index contributed by atoms with van der Waals surface area (Å²) in [5.41, 5.74) is 7.86. The number of rotatable bonds is 5. The SMILES string of the molecule is Cc1cccc(N(CCCN)c2ncc(Cl)cc2Cl)c1. The molecule has 0 bridgehead atoms. The third kappa shape index (κ3) is 3.63. The molecule has 1 aromatic heterocycles. The van der Waals surface area contributed by atoms with Crippen LogP contribution < -0.4 is 10.6 Å². The van der Waals surface area contributed by atoms with Gasteiger partial charge in [-0.3, -0.25) is 0 Å². The lowest BCUT2D eigenvalue weighted by Crippen LogP contribution is -2.22. The van der Waals surface area contributed by atoms with Crippen molar-refractivity contribution in [2.24, 2.45) is 5.73 Å². The van der Waals surface area contributed by atoms with Crippen LogP contribution in [0.25, 0.3) is 0 Å². The number of pyridine rings is 1. The van der Waals surface area contributed by atoms with E-state index in [4.69, 9.17) is 28.9 Å². The van der Waals surface area contributed by atoms with E-state index in [1.54, 1.807) is 12.3 Å². The number of nitrogens with zero attached hydrogens (tertiary/aromatic N) is 2. The fourth-order valence-corrected chi connectivity index (χ4v) is 2.49. The zero-order valence-corrected chi connectivity index (χ0v) is 12.8. The summed E-state index contributed by atoms with van der Waals surface area (Å²) in [6.07, 6.45) is 2.46. The highest BCUT2D eigenvalue weighted by atomic mass is 35.5. The summed E-state index contributed by atoms with van der Waals surface area (Å²) in [5, 5.41) is 1.07. The van der Waals surface area contributed by atoms with E-state index >= 15 is 0 Å². The van der Waals surface area contributed by atoms with E-state index in [2.05, 4.69) is 28.9 Å². The van der Waals surface area contributed by atoms with Crippen molar-refractivity contribution in [2.45, 2.75) is 13.3 Å². The molecule has 106 valence electrons. The highest BCUT2D eigenvalue weighted by molar-refractivity contribution is 6.36. The average Bonchev–Trinajstić information content (AvgIpc) is 2.41. The first-order valence-electron chi connectivity index (χ1n) is 6.47. The quantitative estimate of drug-likeness (QED) is 0.900. The summed E-state index contributed by atoms with van der Waals surface area (Å²) in [5.74, 6) is 0.704. The third-order valence-electron chi connectivity index (χ3n) is 2.94. The van der Waals surface area contributed by atoms with Crippen molar-refractivity contribution < 1.29 is 0 Å². The second kappa shape index (κ2) is 6.93. The van der Waals surface area contributed by atoms with Crippen LogP contribution in [0.5, 0.6) is 0 Å². The van der Waals surface area contributed by atoms with Gasteiger partial charge in [0.05, 0.1) is 10.0 Å². The normalized spacial score (nSPS) is 10.6. The minimum absolute atomic E-state index is 0.529. The first-order chi connectivity index (χ1) is 9.61. The molecule has 0 unspecified atom stereocenters. The maximum Gasteiger partial charge on any atom is 0.151 e. The number of halogens is 2. The van der Waals surface area contributed by atoms with Gasteiger partial charge in [-0.05, 0) is 43.7 Å². The van der Waals surface area contributed by atoms with Gasteiger partial charge >= 0.3 is 0 Å². The number of aryl methyl sites for hydroxylation is 1. The first kappa shape index (κ1) is 15.1. The van der Waals surface area contributed by atoms with Crippen molar-refractivity contribution in [3.63, 3.8) is 0 Å². The molecule has 0 radical (unpaired) electrons. The summed E-state index contributed by atoms with van der Waals surface area (Å²) in [7, 11) is 0. The molecule has 0 aliphatic rings. The predicted molar refractivity (Wildman–Crippen MR) is 86.1 cm³/mol. The van der Waals surface area contributed by atoms with Crippen molar-refractivity contribution >= 4 is 34.7 Å². The molecule has 0 saturated heterocycles. The maximum atomic E-state index is 6.27. The van der Waals surface area contributed by atoms with Gasteiger partial charge in [0.2, 0.25) is 0 Å². The summed E-state index contributed by atoms with van der Waals surface area (Å²) < 4.78 is 0. The van der Waals surface area contributed by atoms with E-state index in [9.17, 15) is 0 Å². The van der Waals surface area contributed by atoms with Crippen LogP contribution in [0.2, 0.25) is 10.0 Å². The molecule has 0 amide bonds. The monoisotopic (exact) mass is 309 g/mol. The number of benzene rings is 1. The molecule has 2 rings (SSSR count). The molecule has 2 N–H and O–H groups in total. The Morgan fingerprint density at radius 2 is 2.05 bits per heavy atom. The molecule has 1 heterocycles. The Morgan fingerprint density at radius 1 is 1.25 bits per heavy atom. The zero-order chi connectivity index (χ0) is 14.5. The lowest BCUT2D eigenvalue weighted by atomic mass is 10.2. The van der Waals surface area contributed by atoms with Gasteiger partial charge in [-0.1, -0.05) is 35.3 Å². The smallest absolute Gasteiger partial charge is 0.151 e. The Labute approximate surface area is 129 Å². The Balaban J connectivity index is 2.41. The first-order valence-corrected chi connectivity index (χ1v) is 7.22. The van der Waals surface area contributed by atoms with Crippen LogP contribution in [0.15, 0.2) is 36.5 Å². The lowest BCUT2D eigenvalue weighted by Gasteiger charge is -2.25. The van der Waals surface area contributed by atoms with E-state index < -0.39 is 0 Å². The fourth-order valence-electron chi connectivity index (χ4n) is 2.01. The second-order valence-corrected chi connectivity index (χ2v) is 5.44. The van der Waals surface area contributed by atoms with Gasteiger partial charge in [-0.15, -0.1) is 0 Å². The Bertz CT molecular complexity index is 587. The topological polar surface area (TPSA) is 42.1 Å². The van der Waals surface area contributed by atoms with Crippen LogP contribution >= 0.6 is 23.2 Å². The fraction of sp³-hybridized carbons (Fsp3) is 0.267. The summed E-state index contributed by atoms with van der Waals surface area (Å²) in [6, 6.07) is 9.92. The number of aromatic nitrogens is 1. The zero-order valence-electron chi connectivity index (χ0n) is 11.3. The van der Waals surface area contributed by atoms with Gasteiger partial charge < -0.3 is 10.6 Å². The molecule has 0 atom stereocenters. The van der Waals surface area contributed by atoms with Crippen LogP contribution in [-0.4, -0.2) is 18.1 Å². The van der Waals surface area contributed by atoms with Gasteiger partial charge in [-0.2, -0.15) is 0 Å². The molecule has 2 aromatic rings. The third-order valence-corrected chi connectivity index (χ3v) is 3.43. The minimum atomic E-state index is 0.529. The number of hydrogen-bond acceptors (Lipinski definition) is 3. The summed E-state index contributed by atoms with van der Waals surface area (Å²) in [4.78, 5) is 6.43. The van der Waals surface area contributed by atoms with Crippen LogP contribution in [0.4, 0.5) is 11.5 Å². The highest BCUT2D eigenvalue weighted by Gasteiger charge is 2.14. The van der Waals surface area contributed by atoms with Crippen molar-refractivity contribution in [3.8, 4) is 0 Å². The molecular formula is C15H17Cl2N3. The molecule has 5 heteroatoms. The van der Waals surface area contributed by atoms with E-state index in [1.807, 2.05) is 12.1 Å². The van der Waals surface area contributed by atoms with E-state index in [1.165, 1.54) is 5.56 Å². The molecular weight excluding hydrogens is 293 g/mol. The van der Waals surface area contributed by atoms with E-state index in [-0.39, 0.29) is 0 Å². The number of hydrogen-bond donors (Lipinski definition) is 1. The van der Waals surface area contributed by atoms with Crippen molar-refractivity contribution in [3.05, 3.63) is 52.1 Å². The largest absolute Gasteiger partial charge is 0.330 e. The summed E-state index contributed by atoms with van der Waals surface area (Å²) >= 11 is 12.2. The molecule has 0 aliphatic heterocycles. The lowest BCUT2D eigenvalue weighted by molar-refractivity contribution is 0.810. The van der Waals surface area contributed by atoms with Gasteiger partial charge in [0, 0.05) is 18.4 Å². The number of nitrogens with two attached hydrogens (primary N) is 1. The predicted octanol–water partition coefficient (Wildman–Crippen LogP) is 4.18. The van der Waals surface area contributed by atoms with Crippen molar-refractivity contribution in [2.75, 3.05) is 18.0 Å². The molecule has 0 fully saturated rings. The Morgan fingerprint density at radius 3 is 2.70 bits per heavy atom. The second-order valence-electron chi connectivity index (χ2n) is 4.59. The van der Waals surface area contributed by atoms with Crippen LogP contribution in [-0.2, 0) is 0 Å². The van der Waals surface area contributed by atoms with Crippen LogP contribution in [0, 0.1) is 6.92 Å². The minimum Gasteiger partial charge on any atom is -0.330 e. The number of anilines is 2. The standard InChI is InChI=1S/C15H17Cl2N3/c1-11-4-2-5-13(8-11)20(7-3-6-18)15-14(17)9-12(16)10-19-15/h2,4-5,8-10H,3,6-7,18H2,1H3. The van der Waals surface area contributed by atoms with Gasteiger partial charge in [0.1, 0.15) is 0 Å². The van der Waals surface area contributed by atoms with E-state index in [0.29, 0.717) is 22.4 Å². The van der Waals surface area contributed by atoms with Gasteiger partial charge in [-0.25, -0.2) is 4.98 Å². The van der Waals surface area contributed by atoms with Gasteiger partial charge in [0.25, 0.3) is 0 Å². The summed E-state index contributed by atoms with van der Waals surface area (Å²) in [6.45, 7) is 3.43. The van der Waals surface area contributed by atoms with Crippen molar-refractivity contribution in [1.82, 2.24) is 4.98 Å². The van der Waals surface area contributed by atoms with Gasteiger partial charge in [0.15, 0.2) is 5.82 Å². The maximum absolute atomic E-state index is 6.27. The Hall–Kier alpha value is -1.29. The van der Waals surface area contributed by atoms with Crippen LogP contribution in [0.3, 0.4) is 0 Å². The van der Waals surface area contributed by atoms with E-state index in [0.717, 1.165) is 18.7 Å². The van der Waals surface area contributed by atoms with Crippen LogP contribution in [0.1, 0.15) is 12.0 Å². The molecule has 0 aliphatic carbocycles. The highest BCUT2D eigenvalue weighted by Crippen LogP contribution is 2.31. The van der Waals surface area contributed by atoms with Crippen molar-refractivity contribution in [1.29, 1.82) is 0 Å².